The van der Waals surface area contributed by atoms with Crippen LogP contribution in [0.5, 0.6) is 0 Å². The zero-order valence-electron chi connectivity index (χ0n) is 10.5. The Morgan fingerprint density at radius 1 is 1.25 bits per heavy atom. The smallest absolute Gasteiger partial charge is 0.410 e. The van der Waals surface area contributed by atoms with Crippen molar-refractivity contribution < 1.29 is 9.53 Å². The van der Waals surface area contributed by atoms with Crippen molar-refractivity contribution in [2.45, 2.75) is 57.7 Å². The lowest BCUT2D eigenvalue weighted by molar-refractivity contribution is 0.0161. The maximum Gasteiger partial charge on any atom is 0.410 e. The molecule has 2 rings (SSSR count). The highest BCUT2D eigenvalue weighted by Crippen LogP contribution is 2.29. The number of rotatable bonds is 0. The number of ether oxygens (including phenoxy) is 1. The molecular formula is C12H22N2O2. The lowest BCUT2D eigenvalue weighted by Gasteiger charge is -2.30. The van der Waals surface area contributed by atoms with E-state index in [1.807, 2.05) is 25.7 Å². The van der Waals surface area contributed by atoms with Gasteiger partial charge in [0, 0.05) is 18.6 Å². The van der Waals surface area contributed by atoms with Crippen LogP contribution < -0.4 is 5.32 Å². The summed E-state index contributed by atoms with van der Waals surface area (Å²) in [6, 6.07) is 0.720. The summed E-state index contributed by atoms with van der Waals surface area (Å²) in [6.07, 6.45) is 3.15. The van der Waals surface area contributed by atoms with E-state index in [0.29, 0.717) is 12.1 Å². The monoisotopic (exact) mass is 226 g/mol. The fourth-order valence-corrected chi connectivity index (χ4v) is 2.60. The maximum atomic E-state index is 12.1. The molecule has 0 aromatic rings. The fraction of sp³-hybridized carbons (Fsp3) is 0.917. The summed E-state index contributed by atoms with van der Waals surface area (Å²) in [5.74, 6) is 0. The quantitative estimate of drug-likeness (QED) is 0.684. The third-order valence-corrected chi connectivity index (χ3v) is 3.26. The first-order chi connectivity index (χ1) is 7.47. The topological polar surface area (TPSA) is 41.6 Å². The molecule has 16 heavy (non-hydrogen) atoms. The van der Waals surface area contributed by atoms with Crippen LogP contribution in [0.1, 0.15) is 40.0 Å². The number of nitrogens with zero attached hydrogens (tertiary/aromatic N) is 1. The van der Waals surface area contributed by atoms with Gasteiger partial charge in [0.25, 0.3) is 0 Å². The normalized spacial score (nSPS) is 30.1. The first-order valence-corrected chi connectivity index (χ1v) is 6.19. The molecule has 2 atom stereocenters. The molecule has 0 spiro atoms. The van der Waals surface area contributed by atoms with Crippen molar-refractivity contribution in [3.63, 3.8) is 0 Å². The number of nitrogens with one attached hydrogen (secondary N) is 1. The van der Waals surface area contributed by atoms with E-state index in [-0.39, 0.29) is 6.09 Å². The molecular weight excluding hydrogens is 204 g/mol. The van der Waals surface area contributed by atoms with Crippen molar-refractivity contribution in [1.29, 1.82) is 0 Å². The van der Waals surface area contributed by atoms with E-state index in [9.17, 15) is 4.79 Å². The summed E-state index contributed by atoms with van der Waals surface area (Å²) in [4.78, 5) is 14.1. The van der Waals surface area contributed by atoms with Gasteiger partial charge in [-0.3, -0.25) is 0 Å². The number of fused-ring (bicyclic) bond motifs is 2. The van der Waals surface area contributed by atoms with Crippen molar-refractivity contribution in [3.8, 4) is 0 Å². The second kappa shape index (κ2) is 4.24. The first-order valence-electron chi connectivity index (χ1n) is 6.19. The van der Waals surface area contributed by atoms with E-state index < -0.39 is 5.60 Å². The van der Waals surface area contributed by atoms with Gasteiger partial charge >= 0.3 is 6.09 Å². The molecule has 4 heteroatoms. The molecule has 4 nitrogen and oxygen atoms in total. The van der Waals surface area contributed by atoms with E-state index >= 15 is 0 Å². The lowest BCUT2D eigenvalue weighted by Crippen LogP contribution is -2.45. The van der Waals surface area contributed by atoms with Crippen LogP contribution in [-0.2, 0) is 4.74 Å². The number of carbonyl (C=O) groups excluding carboxylic acids is 1. The molecule has 2 fully saturated rings. The predicted molar refractivity (Wildman–Crippen MR) is 62.4 cm³/mol. The van der Waals surface area contributed by atoms with Crippen LogP contribution in [0.15, 0.2) is 0 Å². The summed E-state index contributed by atoms with van der Waals surface area (Å²) in [5.41, 5.74) is -0.393. The van der Waals surface area contributed by atoms with Gasteiger partial charge in [0.15, 0.2) is 0 Å². The molecule has 2 unspecified atom stereocenters. The van der Waals surface area contributed by atoms with E-state index in [2.05, 4.69) is 5.32 Å². The molecule has 2 aliphatic heterocycles. The Labute approximate surface area is 97.3 Å². The highest BCUT2D eigenvalue weighted by Gasteiger charge is 2.39. The molecule has 0 aliphatic carbocycles. The number of hydrogen-bond acceptors (Lipinski definition) is 3. The molecule has 2 bridgehead atoms. The van der Waals surface area contributed by atoms with E-state index in [4.69, 9.17) is 4.74 Å². The van der Waals surface area contributed by atoms with Crippen molar-refractivity contribution in [3.05, 3.63) is 0 Å². The Morgan fingerprint density at radius 2 is 1.94 bits per heavy atom. The van der Waals surface area contributed by atoms with Gasteiger partial charge in [0.1, 0.15) is 5.60 Å². The summed E-state index contributed by atoms with van der Waals surface area (Å²) < 4.78 is 5.47. The minimum absolute atomic E-state index is 0.135. The van der Waals surface area contributed by atoms with Gasteiger partial charge in [0.05, 0.1) is 0 Å². The molecule has 0 aromatic heterocycles. The molecule has 2 saturated heterocycles. The average molecular weight is 226 g/mol. The second-order valence-corrected chi connectivity index (χ2v) is 5.77. The predicted octanol–water partition coefficient (Wildman–Crippen LogP) is 1.75. The third-order valence-electron chi connectivity index (χ3n) is 3.26. The van der Waals surface area contributed by atoms with Crippen molar-refractivity contribution in [2.75, 3.05) is 13.1 Å². The van der Waals surface area contributed by atoms with Gasteiger partial charge in [-0.1, -0.05) is 0 Å². The Morgan fingerprint density at radius 3 is 2.62 bits per heavy atom. The SMILES string of the molecule is CC(C)(C)OC(=O)N1C2CCNCC1CC2. The van der Waals surface area contributed by atoms with Crippen molar-refractivity contribution >= 4 is 6.09 Å². The Balaban J connectivity index is 2.05. The molecule has 0 saturated carbocycles. The number of amides is 1. The van der Waals surface area contributed by atoms with Crippen LogP contribution in [0.2, 0.25) is 0 Å². The minimum Gasteiger partial charge on any atom is -0.444 e. The van der Waals surface area contributed by atoms with E-state index in [1.54, 1.807) is 0 Å². The van der Waals surface area contributed by atoms with Gasteiger partial charge in [-0.2, -0.15) is 0 Å². The van der Waals surface area contributed by atoms with Crippen LogP contribution in [0.4, 0.5) is 4.79 Å². The zero-order valence-corrected chi connectivity index (χ0v) is 10.5. The van der Waals surface area contributed by atoms with E-state index in [1.165, 1.54) is 0 Å². The van der Waals surface area contributed by atoms with E-state index in [0.717, 1.165) is 32.4 Å². The first kappa shape index (κ1) is 11.7. The summed E-state index contributed by atoms with van der Waals surface area (Å²) >= 11 is 0. The largest absolute Gasteiger partial charge is 0.444 e. The molecule has 2 heterocycles. The number of hydrogen-bond donors (Lipinski definition) is 1. The second-order valence-electron chi connectivity index (χ2n) is 5.77. The van der Waals surface area contributed by atoms with Gasteiger partial charge in [-0.05, 0) is 46.6 Å². The standard InChI is InChI=1S/C12H22N2O2/c1-12(2,3)16-11(15)14-9-4-5-10(14)8-13-7-6-9/h9-10,13H,4-8H2,1-3H3. The molecule has 92 valence electrons. The highest BCUT2D eigenvalue weighted by atomic mass is 16.6. The molecule has 0 aromatic carbocycles. The minimum atomic E-state index is -0.393. The van der Waals surface area contributed by atoms with Crippen LogP contribution in [0.3, 0.4) is 0 Å². The Hall–Kier alpha value is -0.770. The van der Waals surface area contributed by atoms with Gasteiger partial charge in [0.2, 0.25) is 0 Å². The van der Waals surface area contributed by atoms with Crippen LogP contribution in [0.25, 0.3) is 0 Å². The molecule has 0 radical (unpaired) electrons. The van der Waals surface area contributed by atoms with Gasteiger partial charge in [-0.15, -0.1) is 0 Å². The summed E-state index contributed by atoms with van der Waals surface area (Å²) in [7, 11) is 0. The maximum absolute atomic E-state index is 12.1. The Bertz CT molecular complexity index is 259. The van der Waals surface area contributed by atoms with Crippen LogP contribution in [-0.4, -0.2) is 41.8 Å². The molecule has 1 N–H and O–H groups in total. The van der Waals surface area contributed by atoms with Gasteiger partial charge in [-0.25, -0.2) is 4.79 Å². The number of carbonyl (C=O) groups is 1. The van der Waals surface area contributed by atoms with Gasteiger partial charge < -0.3 is 15.0 Å². The van der Waals surface area contributed by atoms with Crippen molar-refractivity contribution in [1.82, 2.24) is 10.2 Å². The summed E-state index contributed by atoms with van der Waals surface area (Å²) in [5, 5.41) is 3.38. The molecule has 1 amide bonds. The van der Waals surface area contributed by atoms with Crippen molar-refractivity contribution in [2.24, 2.45) is 0 Å². The molecule has 2 aliphatic rings. The van der Waals surface area contributed by atoms with Crippen LogP contribution in [0, 0.1) is 0 Å². The zero-order chi connectivity index (χ0) is 11.8. The van der Waals surface area contributed by atoms with Crippen LogP contribution >= 0.6 is 0 Å². The summed E-state index contributed by atoms with van der Waals surface area (Å²) in [6.45, 7) is 7.69. The third kappa shape index (κ3) is 2.48. The average Bonchev–Trinajstić information content (AvgIpc) is 2.36. The lowest BCUT2D eigenvalue weighted by atomic mass is 10.1. The fourth-order valence-electron chi connectivity index (χ4n) is 2.60. The highest BCUT2D eigenvalue weighted by molar-refractivity contribution is 5.69. The Kier molecular flexibility index (Phi) is 3.10.